The van der Waals surface area contributed by atoms with Gasteiger partial charge in [-0.15, -0.1) is 11.3 Å². The smallest absolute Gasteiger partial charge is 0.136 e. The van der Waals surface area contributed by atoms with Crippen molar-refractivity contribution in [3.05, 3.63) is 33.5 Å². The lowest BCUT2D eigenvalue weighted by Gasteiger charge is -2.07. The van der Waals surface area contributed by atoms with Gasteiger partial charge < -0.3 is 0 Å². The molecule has 0 atom stereocenters. The van der Waals surface area contributed by atoms with Gasteiger partial charge in [0.05, 0.1) is 15.6 Å². The Labute approximate surface area is 108 Å². The summed E-state index contributed by atoms with van der Waals surface area (Å²) in [6.07, 6.45) is 3.35. The summed E-state index contributed by atoms with van der Waals surface area (Å²) in [5.74, 6) is 0. The summed E-state index contributed by atoms with van der Waals surface area (Å²) in [5, 5.41) is 3.19. The van der Waals surface area contributed by atoms with E-state index < -0.39 is 0 Å². The highest BCUT2D eigenvalue weighted by atomic mass is 35.5. The molecule has 0 radical (unpaired) electrons. The van der Waals surface area contributed by atoms with Gasteiger partial charge in [0.25, 0.3) is 0 Å². The van der Waals surface area contributed by atoms with E-state index >= 15 is 0 Å². The number of hydrogen-bond acceptors (Lipinski definition) is 3. The van der Waals surface area contributed by atoms with Crippen molar-refractivity contribution in [2.75, 3.05) is 0 Å². The Morgan fingerprint density at radius 3 is 2.75 bits per heavy atom. The van der Waals surface area contributed by atoms with Crippen molar-refractivity contribution in [1.29, 1.82) is 0 Å². The highest BCUT2D eigenvalue weighted by Crippen LogP contribution is 2.35. The Bertz CT molecular complexity index is 496. The third-order valence-electron chi connectivity index (χ3n) is 2.23. The molecule has 0 unspecified atom stereocenters. The Morgan fingerprint density at radius 1 is 1.31 bits per heavy atom. The van der Waals surface area contributed by atoms with Gasteiger partial charge in [-0.2, -0.15) is 0 Å². The van der Waals surface area contributed by atoms with Gasteiger partial charge in [-0.1, -0.05) is 36.5 Å². The van der Waals surface area contributed by atoms with Crippen LogP contribution >= 0.6 is 34.5 Å². The number of thiophene rings is 1. The van der Waals surface area contributed by atoms with Crippen LogP contribution < -0.4 is 0 Å². The van der Waals surface area contributed by atoms with Gasteiger partial charge in [-0.3, -0.25) is 0 Å². The Kier molecular flexibility index (Phi) is 3.79. The normalized spacial score (nSPS) is 10.7. The van der Waals surface area contributed by atoms with Crippen LogP contribution in [-0.4, -0.2) is 9.97 Å². The maximum atomic E-state index is 6.11. The number of aromatic nitrogens is 2. The van der Waals surface area contributed by atoms with Gasteiger partial charge in [0.15, 0.2) is 0 Å². The predicted molar refractivity (Wildman–Crippen MR) is 69.4 cm³/mol. The van der Waals surface area contributed by atoms with Crippen LogP contribution in [0.3, 0.4) is 0 Å². The minimum atomic E-state index is 0.524. The molecule has 0 N–H and O–H groups in total. The van der Waals surface area contributed by atoms with Crippen LogP contribution in [-0.2, 0) is 6.42 Å². The molecular formula is C11H10Cl2N2S. The molecule has 0 amide bonds. The Hall–Kier alpha value is -0.640. The lowest BCUT2D eigenvalue weighted by atomic mass is 10.1. The molecule has 0 aliphatic rings. The number of rotatable bonds is 3. The topological polar surface area (TPSA) is 25.8 Å². The second-order valence-corrected chi connectivity index (χ2v) is 5.02. The molecule has 16 heavy (non-hydrogen) atoms. The highest BCUT2D eigenvalue weighted by molar-refractivity contribution is 7.14. The molecule has 0 aliphatic heterocycles. The van der Waals surface area contributed by atoms with Crippen LogP contribution in [0.4, 0.5) is 0 Å². The van der Waals surface area contributed by atoms with Crippen molar-refractivity contribution in [2.24, 2.45) is 0 Å². The first kappa shape index (κ1) is 11.8. The van der Waals surface area contributed by atoms with E-state index in [2.05, 4.69) is 16.9 Å². The summed E-state index contributed by atoms with van der Waals surface area (Å²) in [6, 6.07) is 1.87. The fourth-order valence-electron chi connectivity index (χ4n) is 1.52. The van der Waals surface area contributed by atoms with Gasteiger partial charge >= 0.3 is 0 Å². The second kappa shape index (κ2) is 5.13. The first-order valence-corrected chi connectivity index (χ1v) is 6.60. The maximum Gasteiger partial charge on any atom is 0.136 e. The summed E-state index contributed by atoms with van der Waals surface area (Å²) in [7, 11) is 0. The van der Waals surface area contributed by atoms with Crippen molar-refractivity contribution in [1.82, 2.24) is 9.97 Å². The van der Waals surface area contributed by atoms with E-state index in [0.717, 1.165) is 34.0 Å². The van der Waals surface area contributed by atoms with Crippen LogP contribution in [0.1, 0.15) is 18.9 Å². The van der Waals surface area contributed by atoms with Crippen molar-refractivity contribution in [2.45, 2.75) is 19.8 Å². The molecule has 2 heterocycles. The van der Waals surface area contributed by atoms with Crippen molar-refractivity contribution in [3.63, 3.8) is 0 Å². The minimum Gasteiger partial charge on any atom is -0.235 e. The molecule has 5 heteroatoms. The molecule has 0 bridgehead atoms. The molecule has 2 nitrogen and oxygen atoms in total. The van der Waals surface area contributed by atoms with E-state index in [9.17, 15) is 0 Å². The van der Waals surface area contributed by atoms with Crippen LogP contribution in [0, 0.1) is 0 Å². The first-order valence-electron chi connectivity index (χ1n) is 4.96. The van der Waals surface area contributed by atoms with Crippen molar-refractivity contribution >= 4 is 34.5 Å². The van der Waals surface area contributed by atoms with E-state index in [0.29, 0.717) is 5.15 Å². The van der Waals surface area contributed by atoms with Gasteiger partial charge in [0, 0.05) is 5.56 Å². The first-order chi connectivity index (χ1) is 7.74. The Morgan fingerprint density at radius 2 is 2.12 bits per heavy atom. The fourth-order valence-corrected chi connectivity index (χ4v) is 2.92. The summed E-state index contributed by atoms with van der Waals surface area (Å²) in [4.78, 5) is 9.27. The van der Waals surface area contributed by atoms with Crippen LogP contribution in [0.5, 0.6) is 0 Å². The zero-order valence-corrected chi connectivity index (χ0v) is 11.0. The van der Waals surface area contributed by atoms with E-state index in [4.69, 9.17) is 23.2 Å². The van der Waals surface area contributed by atoms with Gasteiger partial charge in [-0.05, 0) is 17.9 Å². The molecule has 0 spiro atoms. The average molecular weight is 273 g/mol. The lowest BCUT2D eigenvalue weighted by molar-refractivity contribution is 0.905. The highest BCUT2D eigenvalue weighted by Gasteiger charge is 2.14. The fraction of sp³-hybridized carbons (Fsp3) is 0.273. The van der Waals surface area contributed by atoms with Crippen molar-refractivity contribution in [3.8, 4) is 10.6 Å². The summed E-state index contributed by atoms with van der Waals surface area (Å²) in [5.41, 5.74) is 1.85. The zero-order chi connectivity index (χ0) is 11.5. The van der Waals surface area contributed by atoms with Gasteiger partial charge in [0.2, 0.25) is 0 Å². The standard InChI is InChI=1S/C11H10Cl2N2S/c1-2-3-7-9(14-6-15-11(7)13)10-8(12)4-5-16-10/h4-6H,2-3H2,1H3. The summed E-state index contributed by atoms with van der Waals surface area (Å²) < 4.78 is 0. The predicted octanol–water partition coefficient (Wildman–Crippen LogP) is 4.46. The van der Waals surface area contributed by atoms with Crippen LogP contribution in [0.2, 0.25) is 10.2 Å². The summed E-state index contributed by atoms with van der Waals surface area (Å²) in [6.45, 7) is 2.10. The lowest BCUT2D eigenvalue weighted by Crippen LogP contribution is -1.95. The molecule has 0 aromatic carbocycles. The monoisotopic (exact) mass is 272 g/mol. The SMILES string of the molecule is CCCc1c(Cl)ncnc1-c1sccc1Cl. The third-order valence-corrected chi connectivity index (χ3v) is 3.90. The number of halogens is 2. The van der Waals surface area contributed by atoms with Gasteiger partial charge in [0.1, 0.15) is 11.5 Å². The summed E-state index contributed by atoms with van der Waals surface area (Å²) >= 11 is 13.8. The minimum absolute atomic E-state index is 0.524. The number of hydrogen-bond donors (Lipinski definition) is 0. The Balaban J connectivity index is 2.56. The molecule has 2 aromatic heterocycles. The maximum absolute atomic E-state index is 6.11. The van der Waals surface area contributed by atoms with E-state index in [-0.39, 0.29) is 0 Å². The average Bonchev–Trinajstić information content (AvgIpc) is 2.68. The molecule has 0 saturated heterocycles. The molecule has 2 rings (SSSR count). The van der Waals surface area contributed by atoms with Gasteiger partial charge in [-0.25, -0.2) is 9.97 Å². The largest absolute Gasteiger partial charge is 0.235 e. The zero-order valence-electron chi connectivity index (χ0n) is 8.70. The molecule has 84 valence electrons. The second-order valence-electron chi connectivity index (χ2n) is 3.34. The molecule has 0 fully saturated rings. The van der Waals surface area contributed by atoms with Crippen LogP contribution in [0.15, 0.2) is 17.8 Å². The number of nitrogens with zero attached hydrogens (tertiary/aromatic N) is 2. The molecule has 0 saturated carbocycles. The van der Waals surface area contributed by atoms with E-state index in [1.54, 1.807) is 11.3 Å². The molecule has 2 aromatic rings. The van der Waals surface area contributed by atoms with Crippen molar-refractivity contribution < 1.29 is 0 Å². The molecular weight excluding hydrogens is 263 g/mol. The van der Waals surface area contributed by atoms with E-state index in [1.807, 2.05) is 11.4 Å². The third kappa shape index (κ3) is 2.21. The van der Waals surface area contributed by atoms with Crippen LogP contribution in [0.25, 0.3) is 10.6 Å². The molecule has 0 aliphatic carbocycles. The quantitative estimate of drug-likeness (QED) is 0.771. The van der Waals surface area contributed by atoms with E-state index in [1.165, 1.54) is 6.33 Å².